The van der Waals surface area contributed by atoms with E-state index in [0.29, 0.717) is 16.3 Å². The minimum Gasteiger partial charge on any atom is -0.488 e. The second kappa shape index (κ2) is 9.71. The van der Waals surface area contributed by atoms with E-state index < -0.39 is 17.7 Å². The van der Waals surface area contributed by atoms with Crippen LogP contribution in [0.2, 0.25) is 0 Å². The summed E-state index contributed by atoms with van der Waals surface area (Å²) in [5.74, 6) is -0.561. The molecule has 3 rings (SSSR count). The molecule has 0 radical (unpaired) electrons. The van der Waals surface area contributed by atoms with Crippen molar-refractivity contribution in [2.24, 2.45) is 0 Å². The molecule has 0 aliphatic rings. The maximum atomic E-state index is 13.7. The topological polar surface area (TPSA) is 77.2 Å². The van der Waals surface area contributed by atoms with Gasteiger partial charge in [-0.1, -0.05) is 5.16 Å². The van der Waals surface area contributed by atoms with Crippen LogP contribution in [-0.4, -0.2) is 28.7 Å². The summed E-state index contributed by atoms with van der Waals surface area (Å²) in [4.78, 5) is 17.0. The first-order valence-electron chi connectivity index (χ1n) is 9.23. The molecular formula is C21H21F2N3O3S. The Bertz CT molecular complexity index is 1020. The van der Waals surface area contributed by atoms with E-state index >= 15 is 0 Å². The van der Waals surface area contributed by atoms with E-state index in [1.165, 1.54) is 17.8 Å². The number of aromatic nitrogens is 2. The van der Waals surface area contributed by atoms with Gasteiger partial charge in [0.25, 0.3) is 5.91 Å². The van der Waals surface area contributed by atoms with E-state index in [-0.39, 0.29) is 18.3 Å². The smallest absolute Gasteiger partial charge is 0.254 e. The lowest BCUT2D eigenvalue weighted by Gasteiger charge is -2.16. The number of rotatable bonds is 8. The quantitative estimate of drug-likeness (QED) is 0.529. The Hall–Kier alpha value is -2.94. The second-order valence-corrected chi connectivity index (χ2v) is 7.67. The number of amides is 1. The highest BCUT2D eigenvalue weighted by molar-refractivity contribution is 7.98. The van der Waals surface area contributed by atoms with Crippen molar-refractivity contribution in [1.29, 1.82) is 0 Å². The molecule has 2 heterocycles. The van der Waals surface area contributed by atoms with Gasteiger partial charge in [-0.15, -0.1) is 11.8 Å². The van der Waals surface area contributed by atoms with Crippen LogP contribution < -0.4 is 10.1 Å². The van der Waals surface area contributed by atoms with Crippen molar-refractivity contribution in [2.75, 3.05) is 6.61 Å². The number of hydrogen-bond donors (Lipinski definition) is 1. The number of aryl methyl sites for hydroxylation is 2. The van der Waals surface area contributed by atoms with Crippen molar-refractivity contribution in [3.63, 3.8) is 0 Å². The van der Waals surface area contributed by atoms with Gasteiger partial charge < -0.3 is 14.6 Å². The van der Waals surface area contributed by atoms with Crippen molar-refractivity contribution in [2.45, 2.75) is 37.6 Å². The molecule has 1 atom stereocenters. The van der Waals surface area contributed by atoms with Crippen LogP contribution in [0, 0.1) is 25.5 Å². The third kappa shape index (κ3) is 5.35. The highest BCUT2D eigenvalue weighted by atomic mass is 32.2. The van der Waals surface area contributed by atoms with Gasteiger partial charge in [0, 0.05) is 23.6 Å². The van der Waals surface area contributed by atoms with Crippen LogP contribution in [0.4, 0.5) is 8.78 Å². The van der Waals surface area contributed by atoms with E-state index in [1.807, 2.05) is 13.8 Å². The molecule has 30 heavy (non-hydrogen) atoms. The molecule has 1 unspecified atom stereocenters. The first-order chi connectivity index (χ1) is 14.3. The van der Waals surface area contributed by atoms with Crippen LogP contribution in [0.1, 0.15) is 34.3 Å². The van der Waals surface area contributed by atoms with Gasteiger partial charge in [0.1, 0.15) is 23.2 Å². The summed E-state index contributed by atoms with van der Waals surface area (Å²) in [5.41, 5.74) is 2.20. The zero-order valence-corrected chi connectivity index (χ0v) is 17.6. The number of halogens is 2. The molecule has 0 aliphatic heterocycles. The molecule has 1 amide bonds. The highest BCUT2D eigenvalue weighted by Crippen LogP contribution is 2.27. The van der Waals surface area contributed by atoms with Crippen molar-refractivity contribution >= 4 is 17.7 Å². The SMILES string of the molecule is Cc1noc(C)c1CSc1ncccc1C(=O)NC(C)COc1ccc(F)cc1F. The van der Waals surface area contributed by atoms with Crippen molar-refractivity contribution in [1.82, 2.24) is 15.5 Å². The average molecular weight is 433 g/mol. The molecule has 0 bridgehead atoms. The highest BCUT2D eigenvalue weighted by Gasteiger charge is 2.17. The number of carbonyl (C=O) groups excluding carboxylic acids is 1. The summed E-state index contributed by atoms with van der Waals surface area (Å²) in [6, 6.07) is 6.03. The van der Waals surface area contributed by atoms with Crippen LogP contribution in [-0.2, 0) is 5.75 Å². The normalized spacial score (nSPS) is 11.9. The second-order valence-electron chi connectivity index (χ2n) is 6.71. The Kier molecular flexibility index (Phi) is 7.04. The molecule has 0 spiro atoms. The van der Waals surface area contributed by atoms with Crippen molar-refractivity contribution < 1.29 is 22.8 Å². The molecule has 2 aromatic heterocycles. The fourth-order valence-corrected chi connectivity index (χ4v) is 3.82. The number of benzene rings is 1. The minimum atomic E-state index is -0.793. The lowest BCUT2D eigenvalue weighted by Crippen LogP contribution is -2.37. The number of nitrogens with one attached hydrogen (secondary N) is 1. The van der Waals surface area contributed by atoms with Gasteiger partial charge in [-0.05, 0) is 45.0 Å². The maximum absolute atomic E-state index is 13.7. The Balaban J connectivity index is 1.61. The molecule has 0 saturated carbocycles. The predicted molar refractivity (Wildman–Crippen MR) is 109 cm³/mol. The molecule has 3 aromatic rings. The first kappa shape index (κ1) is 21.8. The summed E-state index contributed by atoms with van der Waals surface area (Å²) in [6.07, 6.45) is 1.62. The van der Waals surface area contributed by atoms with Crippen LogP contribution in [0.15, 0.2) is 46.1 Å². The molecule has 9 heteroatoms. The van der Waals surface area contributed by atoms with Gasteiger partial charge in [0.2, 0.25) is 0 Å². The fraction of sp³-hybridized carbons (Fsp3) is 0.286. The Morgan fingerprint density at radius 1 is 1.30 bits per heavy atom. The van der Waals surface area contributed by atoms with Gasteiger partial charge in [0.05, 0.1) is 17.3 Å². The third-order valence-electron chi connectivity index (χ3n) is 4.31. The van der Waals surface area contributed by atoms with Gasteiger partial charge in [-0.2, -0.15) is 0 Å². The number of hydrogen-bond acceptors (Lipinski definition) is 6. The largest absolute Gasteiger partial charge is 0.488 e. The molecule has 0 fully saturated rings. The standard InChI is InChI=1S/C21H21F2N3O3S/c1-12(10-28-19-7-6-15(22)9-18(19)23)25-20(27)16-5-4-8-24-21(16)30-11-17-13(2)26-29-14(17)3/h4-9,12H,10-11H2,1-3H3,(H,25,27). The van der Waals surface area contributed by atoms with Crippen LogP contribution in [0.5, 0.6) is 5.75 Å². The summed E-state index contributed by atoms with van der Waals surface area (Å²) >= 11 is 1.41. The zero-order valence-electron chi connectivity index (χ0n) is 16.7. The molecule has 0 saturated heterocycles. The van der Waals surface area contributed by atoms with Gasteiger partial charge in [0.15, 0.2) is 11.6 Å². The zero-order chi connectivity index (χ0) is 21.7. The third-order valence-corrected chi connectivity index (χ3v) is 5.34. The Morgan fingerprint density at radius 2 is 2.10 bits per heavy atom. The van der Waals surface area contributed by atoms with Gasteiger partial charge in [-0.25, -0.2) is 13.8 Å². The lowest BCUT2D eigenvalue weighted by molar-refractivity contribution is 0.0922. The summed E-state index contributed by atoms with van der Waals surface area (Å²) in [7, 11) is 0. The number of thioether (sulfide) groups is 1. The molecule has 158 valence electrons. The van der Waals surface area contributed by atoms with Gasteiger partial charge in [-0.3, -0.25) is 4.79 Å². The monoisotopic (exact) mass is 433 g/mol. The van der Waals surface area contributed by atoms with E-state index in [9.17, 15) is 13.6 Å². The summed E-state index contributed by atoms with van der Waals surface area (Å²) < 4.78 is 37.2. The number of ether oxygens (including phenoxy) is 1. The number of carbonyl (C=O) groups is 1. The van der Waals surface area contributed by atoms with Gasteiger partial charge >= 0.3 is 0 Å². The van der Waals surface area contributed by atoms with E-state index in [2.05, 4.69) is 15.5 Å². The van der Waals surface area contributed by atoms with Crippen LogP contribution in [0.3, 0.4) is 0 Å². The number of nitrogens with zero attached hydrogens (tertiary/aromatic N) is 2. The molecular weight excluding hydrogens is 412 g/mol. The summed E-state index contributed by atoms with van der Waals surface area (Å²) in [5, 5.41) is 7.32. The average Bonchev–Trinajstić information content (AvgIpc) is 3.03. The molecule has 1 aromatic carbocycles. The Morgan fingerprint density at radius 3 is 2.80 bits per heavy atom. The summed E-state index contributed by atoms with van der Waals surface area (Å²) in [6.45, 7) is 5.46. The molecule has 6 nitrogen and oxygen atoms in total. The van der Waals surface area contributed by atoms with E-state index in [4.69, 9.17) is 9.26 Å². The van der Waals surface area contributed by atoms with Crippen molar-refractivity contribution in [3.8, 4) is 5.75 Å². The van der Waals surface area contributed by atoms with Crippen LogP contribution >= 0.6 is 11.8 Å². The minimum absolute atomic E-state index is 0.0239. The van der Waals surface area contributed by atoms with Crippen molar-refractivity contribution in [3.05, 3.63) is 70.7 Å². The lowest BCUT2D eigenvalue weighted by atomic mass is 10.2. The number of pyridine rings is 1. The van der Waals surface area contributed by atoms with E-state index in [0.717, 1.165) is 29.2 Å². The van der Waals surface area contributed by atoms with E-state index in [1.54, 1.807) is 25.3 Å². The van der Waals surface area contributed by atoms with Crippen LogP contribution in [0.25, 0.3) is 0 Å². The Labute approximate surface area is 177 Å². The molecule has 0 aliphatic carbocycles. The fourth-order valence-electron chi connectivity index (χ4n) is 2.68. The maximum Gasteiger partial charge on any atom is 0.254 e. The predicted octanol–water partition coefficient (Wildman–Crippen LogP) is 4.45. The first-order valence-corrected chi connectivity index (χ1v) is 10.2. The molecule has 1 N–H and O–H groups in total.